The molecule has 1 N–H and O–H groups in total. The van der Waals surface area contributed by atoms with E-state index >= 15 is 0 Å². The van der Waals surface area contributed by atoms with Crippen molar-refractivity contribution in [3.05, 3.63) is 41.5 Å². The summed E-state index contributed by atoms with van der Waals surface area (Å²) in [7, 11) is 1.89. The van der Waals surface area contributed by atoms with Gasteiger partial charge < -0.3 is 10.2 Å². The fourth-order valence-corrected chi connectivity index (χ4v) is 2.97. The number of hydrogen-bond donors (Lipinski definition) is 1. The Labute approximate surface area is 140 Å². The lowest BCUT2D eigenvalue weighted by atomic mass is 10.1. The van der Waals surface area contributed by atoms with Crippen LogP contribution in [0.25, 0.3) is 0 Å². The molecule has 2 aromatic rings. The third-order valence-electron chi connectivity index (χ3n) is 4.25. The second-order valence-electron chi connectivity index (χ2n) is 6.07. The van der Waals surface area contributed by atoms with Gasteiger partial charge in [-0.05, 0) is 31.9 Å². The van der Waals surface area contributed by atoms with E-state index in [1.165, 1.54) is 0 Å². The topological polar surface area (TPSA) is 86.8 Å². The fraction of sp³-hybridized carbons (Fsp3) is 0.412. The minimum atomic E-state index is -0.194. The van der Waals surface area contributed by atoms with E-state index in [-0.39, 0.29) is 11.9 Å². The molecule has 3 rings (SSSR count). The summed E-state index contributed by atoms with van der Waals surface area (Å²) in [6.45, 7) is 3.46. The number of carbonyl (C=O) groups is 1. The molecular weight excluding hydrogens is 304 g/mol. The molecule has 1 atom stereocenters. The highest BCUT2D eigenvalue weighted by atomic mass is 16.1. The molecule has 1 fully saturated rings. The minimum Gasteiger partial charge on any atom is -0.367 e. The molecular formula is C17H20N6O. The third-order valence-corrected chi connectivity index (χ3v) is 4.25. The fourth-order valence-electron chi connectivity index (χ4n) is 2.97. The first kappa shape index (κ1) is 16.0. The molecule has 7 nitrogen and oxygen atoms in total. The van der Waals surface area contributed by atoms with Gasteiger partial charge in [-0.25, -0.2) is 4.98 Å². The second-order valence-corrected chi connectivity index (χ2v) is 6.07. The Morgan fingerprint density at radius 2 is 2.29 bits per heavy atom. The van der Waals surface area contributed by atoms with Gasteiger partial charge in [-0.3, -0.25) is 9.48 Å². The van der Waals surface area contributed by atoms with Crippen molar-refractivity contribution in [2.75, 3.05) is 18.0 Å². The standard InChI is InChI=1S/C17H20N6O/c1-12-13(8-18)5-6-16(20-12)17(24)21-14-4-3-7-23(10-14)15-9-19-22(2)11-15/h5-6,9,11,14H,3-4,7,10H2,1-2H3,(H,21,24)/t14-/m0/s1. The van der Waals surface area contributed by atoms with Crippen LogP contribution >= 0.6 is 0 Å². The van der Waals surface area contributed by atoms with Gasteiger partial charge in [0.25, 0.3) is 5.91 Å². The highest BCUT2D eigenvalue weighted by Crippen LogP contribution is 2.19. The molecule has 0 spiro atoms. The molecule has 1 aliphatic rings. The lowest BCUT2D eigenvalue weighted by Gasteiger charge is -2.33. The van der Waals surface area contributed by atoms with Gasteiger partial charge in [0.05, 0.1) is 23.1 Å². The molecule has 3 heterocycles. The molecule has 0 unspecified atom stereocenters. The van der Waals surface area contributed by atoms with Crippen LogP contribution < -0.4 is 10.2 Å². The van der Waals surface area contributed by atoms with Crippen LogP contribution in [-0.2, 0) is 7.05 Å². The largest absolute Gasteiger partial charge is 0.367 e. The van der Waals surface area contributed by atoms with Crippen molar-refractivity contribution in [1.82, 2.24) is 20.1 Å². The van der Waals surface area contributed by atoms with Crippen LogP contribution in [0.3, 0.4) is 0 Å². The Kier molecular flexibility index (Phi) is 4.47. The maximum Gasteiger partial charge on any atom is 0.270 e. The molecule has 24 heavy (non-hydrogen) atoms. The average molecular weight is 324 g/mol. The zero-order valence-corrected chi connectivity index (χ0v) is 13.9. The van der Waals surface area contributed by atoms with Gasteiger partial charge in [0.1, 0.15) is 11.8 Å². The number of nitrogens with zero attached hydrogens (tertiary/aromatic N) is 5. The van der Waals surface area contributed by atoms with E-state index in [1.807, 2.05) is 19.4 Å². The summed E-state index contributed by atoms with van der Waals surface area (Å²) >= 11 is 0. The van der Waals surface area contributed by atoms with Crippen molar-refractivity contribution in [3.8, 4) is 6.07 Å². The number of carbonyl (C=O) groups excluding carboxylic acids is 1. The highest BCUT2D eigenvalue weighted by Gasteiger charge is 2.23. The van der Waals surface area contributed by atoms with Gasteiger partial charge in [-0.1, -0.05) is 0 Å². The van der Waals surface area contributed by atoms with Crippen molar-refractivity contribution in [2.45, 2.75) is 25.8 Å². The van der Waals surface area contributed by atoms with Crippen LogP contribution in [0, 0.1) is 18.3 Å². The van der Waals surface area contributed by atoms with Crippen molar-refractivity contribution in [2.24, 2.45) is 7.05 Å². The number of nitriles is 1. The second kappa shape index (κ2) is 6.71. The Hall–Kier alpha value is -2.88. The summed E-state index contributed by atoms with van der Waals surface area (Å²) in [4.78, 5) is 18.9. The number of pyridine rings is 1. The van der Waals surface area contributed by atoms with Gasteiger partial charge >= 0.3 is 0 Å². The third kappa shape index (κ3) is 3.38. The first-order valence-electron chi connectivity index (χ1n) is 7.99. The van der Waals surface area contributed by atoms with E-state index in [1.54, 1.807) is 23.7 Å². The molecule has 0 saturated carbocycles. The smallest absolute Gasteiger partial charge is 0.270 e. The lowest BCUT2D eigenvalue weighted by molar-refractivity contribution is 0.0928. The molecule has 2 aromatic heterocycles. The summed E-state index contributed by atoms with van der Waals surface area (Å²) in [5, 5.41) is 16.2. The Balaban J connectivity index is 1.66. The molecule has 1 aliphatic heterocycles. The van der Waals surface area contributed by atoms with E-state index in [2.05, 4.69) is 26.4 Å². The Bertz CT molecular complexity index is 791. The maximum atomic E-state index is 12.4. The average Bonchev–Trinajstić information content (AvgIpc) is 3.01. The zero-order valence-electron chi connectivity index (χ0n) is 13.9. The number of aryl methyl sites for hydroxylation is 2. The van der Waals surface area contributed by atoms with E-state index in [0.29, 0.717) is 17.0 Å². The normalized spacial score (nSPS) is 17.4. The molecule has 0 aromatic carbocycles. The maximum absolute atomic E-state index is 12.4. The first-order chi connectivity index (χ1) is 11.6. The zero-order chi connectivity index (χ0) is 17.1. The van der Waals surface area contributed by atoms with E-state index in [9.17, 15) is 4.79 Å². The van der Waals surface area contributed by atoms with Crippen molar-refractivity contribution < 1.29 is 4.79 Å². The van der Waals surface area contributed by atoms with Crippen molar-refractivity contribution in [3.63, 3.8) is 0 Å². The van der Waals surface area contributed by atoms with Crippen LogP contribution in [0.4, 0.5) is 5.69 Å². The molecule has 7 heteroatoms. The lowest BCUT2D eigenvalue weighted by Crippen LogP contribution is -2.48. The van der Waals surface area contributed by atoms with Gasteiger partial charge in [0, 0.05) is 32.4 Å². The van der Waals surface area contributed by atoms with Crippen LogP contribution in [0.15, 0.2) is 24.5 Å². The summed E-state index contributed by atoms with van der Waals surface area (Å²) in [6, 6.07) is 5.37. The summed E-state index contributed by atoms with van der Waals surface area (Å²) in [5.41, 5.74) is 2.49. The number of rotatable bonds is 3. The summed E-state index contributed by atoms with van der Waals surface area (Å²) < 4.78 is 1.78. The van der Waals surface area contributed by atoms with Gasteiger partial charge in [0.15, 0.2) is 0 Å². The monoisotopic (exact) mass is 324 g/mol. The van der Waals surface area contributed by atoms with E-state index < -0.39 is 0 Å². The minimum absolute atomic E-state index is 0.0733. The number of hydrogen-bond acceptors (Lipinski definition) is 5. The number of nitrogens with one attached hydrogen (secondary N) is 1. The molecule has 1 saturated heterocycles. The molecule has 124 valence electrons. The molecule has 0 radical (unpaired) electrons. The molecule has 1 amide bonds. The van der Waals surface area contributed by atoms with Crippen LogP contribution in [0.5, 0.6) is 0 Å². The number of amides is 1. The molecule has 0 aliphatic carbocycles. The molecule has 0 bridgehead atoms. The summed E-state index contributed by atoms with van der Waals surface area (Å²) in [6.07, 6.45) is 5.78. The first-order valence-corrected chi connectivity index (χ1v) is 7.99. The van der Waals surface area contributed by atoms with Crippen LogP contribution in [-0.4, -0.2) is 39.8 Å². The van der Waals surface area contributed by atoms with Gasteiger partial charge in [-0.15, -0.1) is 0 Å². The van der Waals surface area contributed by atoms with Crippen LogP contribution in [0.1, 0.15) is 34.6 Å². The number of aromatic nitrogens is 3. The predicted molar refractivity (Wildman–Crippen MR) is 89.6 cm³/mol. The van der Waals surface area contributed by atoms with E-state index in [4.69, 9.17) is 5.26 Å². The van der Waals surface area contributed by atoms with Gasteiger partial charge in [-0.2, -0.15) is 10.4 Å². The Morgan fingerprint density at radius 1 is 1.46 bits per heavy atom. The van der Waals surface area contributed by atoms with Gasteiger partial charge in [0.2, 0.25) is 0 Å². The summed E-state index contributed by atoms with van der Waals surface area (Å²) in [5.74, 6) is -0.194. The highest BCUT2D eigenvalue weighted by molar-refractivity contribution is 5.92. The SMILES string of the molecule is Cc1nc(C(=O)N[C@H]2CCCN(c3cnn(C)c3)C2)ccc1C#N. The van der Waals surface area contributed by atoms with E-state index in [0.717, 1.165) is 31.6 Å². The number of anilines is 1. The van der Waals surface area contributed by atoms with Crippen LogP contribution in [0.2, 0.25) is 0 Å². The quantitative estimate of drug-likeness (QED) is 0.922. The number of piperidine rings is 1. The van der Waals surface area contributed by atoms with Crippen molar-refractivity contribution >= 4 is 11.6 Å². The predicted octanol–water partition coefficient (Wildman–Crippen LogP) is 1.39. The van der Waals surface area contributed by atoms with Crippen molar-refractivity contribution in [1.29, 1.82) is 5.26 Å². The Morgan fingerprint density at radius 3 is 2.96 bits per heavy atom.